The van der Waals surface area contributed by atoms with Crippen molar-refractivity contribution in [3.63, 3.8) is 0 Å². The molecule has 0 bridgehead atoms. The van der Waals surface area contributed by atoms with Crippen LogP contribution in [0.4, 0.5) is 22.7 Å². The Labute approximate surface area is 688 Å². The molecule has 0 aliphatic carbocycles. The first kappa shape index (κ1) is 81.7. The molecule has 16 rings (SSSR count). The van der Waals surface area contributed by atoms with Gasteiger partial charge in [-0.2, -0.15) is 0 Å². The topological polar surface area (TPSA) is 270 Å². The van der Waals surface area contributed by atoms with Crippen LogP contribution in [0.5, 0.6) is 0 Å². The van der Waals surface area contributed by atoms with Crippen molar-refractivity contribution < 1.29 is 57.3 Å². The van der Waals surface area contributed by atoms with Crippen molar-refractivity contribution in [1.29, 1.82) is 0 Å². The van der Waals surface area contributed by atoms with Gasteiger partial charge in [-0.1, -0.05) is 166 Å². The van der Waals surface area contributed by atoms with E-state index < -0.39 is 57.9 Å². The van der Waals surface area contributed by atoms with Crippen LogP contribution in [0.1, 0.15) is 122 Å². The molecule has 584 valence electrons. The average Bonchev–Trinajstić information content (AvgIpc) is 1.57. The summed E-state index contributed by atoms with van der Waals surface area (Å²) in [6.45, 7) is 10.2. The molecule has 8 aromatic rings. The Morgan fingerprint density at radius 1 is 0.286 bits per heavy atom. The van der Waals surface area contributed by atoms with E-state index in [-0.39, 0.29) is 97.9 Å². The molecule has 0 radical (unpaired) electrons. The highest BCUT2D eigenvalue weighted by atomic mass is 35.5. The van der Waals surface area contributed by atoms with Crippen molar-refractivity contribution in [2.75, 3.05) is 73.9 Å². The standard InChI is InChI=1S/4C21H20Cl2N2O3/c2*1-2-28-18-10-19(26)24-11-16(12-4-3-5-13(22)8-12)21(18)15-7-6-14(23)9-17(15)25-20(21)27;2*1-2-28-18-11-24-19(26)10-16(12-4-3-5-13(22)8-12)21(18)15-7-6-14(23)9-17(15)25-20(21)27/h4*3-9,16,18H,2,10-11H2,1H3,(H,24,26)(H,25,27)/t4*16-,18-,21-/m1010/s1. The normalized spacial score (nSPS) is 26.5. The first-order valence-corrected chi connectivity index (χ1v) is 39.9. The molecular weight excluding hydrogens is 1600 g/mol. The van der Waals surface area contributed by atoms with E-state index in [0.29, 0.717) is 102 Å². The van der Waals surface area contributed by atoms with Gasteiger partial charge in [-0.3, -0.25) is 38.4 Å². The Balaban J connectivity index is 0.000000131. The molecule has 8 amide bonds. The Hall–Kier alpha value is -8.32. The van der Waals surface area contributed by atoms with E-state index >= 15 is 0 Å². The van der Waals surface area contributed by atoms with E-state index in [2.05, 4.69) is 42.5 Å². The van der Waals surface area contributed by atoms with Crippen molar-refractivity contribution in [2.45, 2.75) is 123 Å². The molecule has 28 heteroatoms. The zero-order valence-corrected chi connectivity index (χ0v) is 67.2. The molecule has 8 N–H and O–H groups in total. The summed E-state index contributed by atoms with van der Waals surface area (Å²) in [5.41, 5.74) is 4.92. The van der Waals surface area contributed by atoms with Crippen molar-refractivity contribution in [3.05, 3.63) is 255 Å². The van der Waals surface area contributed by atoms with Crippen LogP contribution in [-0.4, -0.2) is 124 Å². The summed E-state index contributed by atoms with van der Waals surface area (Å²) in [6.07, 6.45) is -1.80. The highest BCUT2D eigenvalue weighted by Gasteiger charge is 2.64. The Morgan fingerprint density at radius 3 is 0.786 bits per heavy atom. The number of amides is 8. The molecule has 8 aliphatic rings. The molecular formula is C84H80Cl8N8O12. The summed E-state index contributed by atoms with van der Waals surface area (Å²) in [7, 11) is 0. The molecule has 8 heterocycles. The van der Waals surface area contributed by atoms with Gasteiger partial charge in [0.25, 0.3) is 0 Å². The third-order valence-corrected chi connectivity index (χ3v) is 24.3. The average molecular weight is 1680 g/mol. The highest BCUT2D eigenvalue weighted by Crippen LogP contribution is 2.58. The number of ether oxygens (including phenoxy) is 4. The number of fused-ring (bicyclic) bond motifs is 8. The lowest BCUT2D eigenvalue weighted by atomic mass is 9.64. The monoisotopic (exact) mass is 1670 g/mol. The number of hydrogen-bond donors (Lipinski definition) is 8. The van der Waals surface area contributed by atoms with Crippen LogP contribution in [0, 0.1) is 0 Å². The minimum Gasteiger partial charge on any atom is -0.376 e. The molecule has 112 heavy (non-hydrogen) atoms. The van der Waals surface area contributed by atoms with Gasteiger partial charge >= 0.3 is 0 Å². The van der Waals surface area contributed by atoms with Gasteiger partial charge in [-0.25, -0.2) is 0 Å². The van der Waals surface area contributed by atoms with Crippen molar-refractivity contribution in [1.82, 2.24) is 21.3 Å². The predicted octanol–water partition coefficient (Wildman–Crippen LogP) is 15.6. The zero-order chi connectivity index (χ0) is 79.6. The largest absolute Gasteiger partial charge is 0.376 e. The van der Waals surface area contributed by atoms with Gasteiger partial charge in [0, 0.05) is 152 Å². The molecule has 4 saturated heterocycles. The molecule has 0 saturated carbocycles. The summed E-state index contributed by atoms with van der Waals surface area (Å²) in [6, 6.07) is 50.9. The number of nitrogens with one attached hydrogen (secondary N) is 8. The number of rotatable bonds is 12. The number of hydrogen-bond acceptors (Lipinski definition) is 12. The van der Waals surface area contributed by atoms with Gasteiger partial charge in [0.15, 0.2) is 0 Å². The van der Waals surface area contributed by atoms with E-state index in [9.17, 15) is 38.4 Å². The van der Waals surface area contributed by atoms with Gasteiger partial charge in [0.1, 0.15) is 21.7 Å². The van der Waals surface area contributed by atoms with Crippen molar-refractivity contribution in [2.24, 2.45) is 0 Å². The van der Waals surface area contributed by atoms with Gasteiger partial charge in [0.05, 0.1) is 37.3 Å². The predicted molar refractivity (Wildman–Crippen MR) is 436 cm³/mol. The van der Waals surface area contributed by atoms with Crippen molar-refractivity contribution >= 4 is 163 Å². The van der Waals surface area contributed by atoms with Crippen LogP contribution in [0.2, 0.25) is 40.2 Å². The fraction of sp³-hybridized carbons (Fsp3) is 0.333. The van der Waals surface area contributed by atoms with Crippen LogP contribution in [0.25, 0.3) is 0 Å². The van der Waals surface area contributed by atoms with E-state index in [4.69, 9.17) is 112 Å². The number of carbonyl (C=O) groups excluding carboxylic acids is 8. The summed E-state index contributed by atoms with van der Waals surface area (Å²) >= 11 is 49.6. The fourth-order valence-corrected chi connectivity index (χ4v) is 19.5. The molecule has 20 nitrogen and oxygen atoms in total. The van der Waals surface area contributed by atoms with Gasteiger partial charge < -0.3 is 61.5 Å². The molecule has 0 aromatic heterocycles. The molecule has 8 aromatic carbocycles. The Morgan fingerprint density at radius 2 is 0.518 bits per heavy atom. The lowest BCUT2D eigenvalue weighted by molar-refractivity contribution is -0.132. The number of benzene rings is 8. The molecule has 12 atom stereocenters. The molecule has 0 unspecified atom stereocenters. The maximum atomic E-state index is 13.5. The summed E-state index contributed by atoms with van der Waals surface area (Å²) in [5, 5.41) is 28.0. The third-order valence-electron chi connectivity index (χ3n) is 22.4. The second-order valence-electron chi connectivity index (χ2n) is 28.3. The summed E-state index contributed by atoms with van der Waals surface area (Å²) < 4.78 is 24.1. The third kappa shape index (κ3) is 15.3. The van der Waals surface area contributed by atoms with Crippen LogP contribution in [-0.2, 0) is 79.0 Å². The maximum absolute atomic E-state index is 13.5. The molecule has 4 spiro atoms. The SMILES string of the molecule is CCO[C@@H]1CC(=O)NC[C@H](c2cccc(Cl)c2)[C@@]12C(=O)Nc1cc(Cl)ccc12.CCO[C@@H]1CNC(=O)C[C@H](c2cccc(Cl)c2)[C@@]12C(=O)Nc1cc(Cl)ccc12.CCO[C@H]1CC(=O)NC[C@@H](c2cccc(Cl)c2)[C@]12C(=O)Nc1cc(Cl)ccc12.CCO[C@H]1CNC(=O)C[C@@H](c2cccc(Cl)c2)[C@]12C(=O)Nc1cc(Cl)ccc12. The summed E-state index contributed by atoms with van der Waals surface area (Å²) in [4.78, 5) is 104. The minimum atomic E-state index is -1.07. The lowest BCUT2D eigenvalue weighted by Crippen LogP contribution is -2.53. The quantitative estimate of drug-likeness (QED) is 0.0567. The van der Waals surface area contributed by atoms with Gasteiger partial charge in [-0.15, -0.1) is 0 Å². The summed E-state index contributed by atoms with van der Waals surface area (Å²) in [5.74, 6) is -2.86. The van der Waals surface area contributed by atoms with Crippen LogP contribution >= 0.6 is 92.8 Å². The Kier molecular flexibility index (Phi) is 25.1. The van der Waals surface area contributed by atoms with Gasteiger partial charge in [0.2, 0.25) is 47.3 Å². The number of halogens is 8. The zero-order valence-electron chi connectivity index (χ0n) is 61.2. The van der Waals surface area contributed by atoms with Crippen LogP contribution in [0.3, 0.4) is 0 Å². The Bertz CT molecular complexity index is 4580. The first-order valence-electron chi connectivity index (χ1n) is 36.9. The number of carbonyl (C=O) groups is 8. The van der Waals surface area contributed by atoms with E-state index in [1.807, 2.05) is 125 Å². The second kappa shape index (κ2) is 34.4. The van der Waals surface area contributed by atoms with Crippen LogP contribution in [0.15, 0.2) is 170 Å². The highest BCUT2D eigenvalue weighted by molar-refractivity contribution is 6.34. The number of anilines is 4. The van der Waals surface area contributed by atoms with E-state index in [1.165, 1.54) is 0 Å². The van der Waals surface area contributed by atoms with E-state index in [0.717, 1.165) is 44.5 Å². The van der Waals surface area contributed by atoms with E-state index in [1.54, 1.807) is 72.8 Å². The van der Waals surface area contributed by atoms with Gasteiger partial charge in [-0.05, 0) is 169 Å². The lowest BCUT2D eigenvalue weighted by Gasteiger charge is -2.40. The second-order valence-corrected chi connectivity index (χ2v) is 31.8. The first-order chi connectivity index (χ1) is 53.8. The smallest absolute Gasteiger partial charge is 0.238 e. The molecule has 8 aliphatic heterocycles. The maximum Gasteiger partial charge on any atom is 0.238 e. The minimum absolute atomic E-state index is 0.0976. The fourth-order valence-electron chi connectivity index (χ4n) is 18.0. The van der Waals surface area contributed by atoms with Crippen LogP contribution < -0.4 is 42.5 Å². The molecule has 4 fully saturated rings. The van der Waals surface area contributed by atoms with Crippen molar-refractivity contribution in [3.8, 4) is 0 Å².